The summed E-state index contributed by atoms with van der Waals surface area (Å²) in [5.74, 6) is 2.54. The Morgan fingerprint density at radius 1 is 1.18 bits per heavy atom. The summed E-state index contributed by atoms with van der Waals surface area (Å²) in [6.45, 7) is 4.40. The van der Waals surface area contributed by atoms with E-state index >= 15 is 0 Å². The van der Waals surface area contributed by atoms with Crippen molar-refractivity contribution in [3.05, 3.63) is 0 Å². The zero-order valence-electron chi connectivity index (χ0n) is 10.4. The topological polar surface area (TPSA) is 76.0 Å². The molecule has 0 aliphatic carbocycles. The lowest BCUT2D eigenvalue weighted by atomic mass is 10.1. The van der Waals surface area contributed by atoms with E-state index in [1.807, 2.05) is 6.11 Å². The highest BCUT2D eigenvalue weighted by molar-refractivity contribution is 5.56. The first kappa shape index (κ1) is 15.6. The molecule has 0 radical (unpaired) electrons. The fourth-order valence-electron chi connectivity index (χ4n) is 1.22. The maximum absolute atomic E-state index is 10.0. The zero-order valence-corrected chi connectivity index (χ0v) is 10.4. The average Bonchev–Trinajstić information content (AvgIpc) is 2.21. The molecule has 0 aromatic heterocycles. The Kier molecular flexibility index (Phi) is 7.99. The molecular weight excluding hydrogens is 224 g/mol. The Morgan fingerprint density at radius 3 is 2.29 bits per heavy atom. The van der Waals surface area contributed by atoms with E-state index < -0.39 is 11.8 Å². The van der Waals surface area contributed by atoms with Gasteiger partial charge >= 0.3 is 6.16 Å². The summed E-state index contributed by atoms with van der Waals surface area (Å²) in [5, 5.41) is 16.7. The van der Waals surface area contributed by atoms with Crippen LogP contribution in [0.4, 0.5) is 4.79 Å². The van der Waals surface area contributed by atoms with Gasteiger partial charge in [-0.05, 0) is 39.0 Å². The highest BCUT2D eigenvalue weighted by Gasteiger charge is 2.13. The molecule has 0 heterocycles. The number of carbonyl (C=O) groups is 1. The van der Waals surface area contributed by atoms with Gasteiger partial charge in [0.2, 0.25) is 0 Å². The molecule has 0 fully saturated rings. The summed E-state index contributed by atoms with van der Waals surface area (Å²) in [6, 6.07) is 0. The van der Waals surface area contributed by atoms with Gasteiger partial charge in [0.1, 0.15) is 11.7 Å². The lowest BCUT2D eigenvalue weighted by Gasteiger charge is -2.17. The fraction of sp³-hybridized carbons (Fsp3) is 0.750. The van der Waals surface area contributed by atoms with Crippen LogP contribution in [0.25, 0.3) is 0 Å². The number of rotatable bonds is 8. The Hall–Kier alpha value is -1.41. The van der Waals surface area contributed by atoms with Crippen molar-refractivity contribution in [3.8, 4) is 12.0 Å². The second kappa shape index (κ2) is 8.71. The van der Waals surface area contributed by atoms with E-state index in [1.54, 1.807) is 13.8 Å². The van der Waals surface area contributed by atoms with Gasteiger partial charge in [0.05, 0.1) is 6.61 Å². The van der Waals surface area contributed by atoms with Gasteiger partial charge in [-0.2, -0.15) is 0 Å². The molecule has 5 heteroatoms. The largest absolute Gasteiger partial charge is 0.505 e. The first-order valence-corrected chi connectivity index (χ1v) is 5.64. The Labute approximate surface area is 102 Å². The minimum absolute atomic E-state index is 0.248. The monoisotopic (exact) mass is 244 g/mol. The number of hydrogen-bond acceptors (Lipinski definition) is 4. The van der Waals surface area contributed by atoms with E-state index in [2.05, 4.69) is 10.7 Å². The second-order valence-electron chi connectivity index (χ2n) is 4.12. The number of unbranched alkanes of at least 4 members (excludes halogenated alkanes) is 3. The Morgan fingerprint density at radius 2 is 1.76 bits per heavy atom. The van der Waals surface area contributed by atoms with Crippen molar-refractivity contribution in [2.24, 2.45) is 0 Å². The summed E-state index contributed by atoms with van der Waals surface area (Å²) in [7, 11) is 0. The van der Waals surface area contributed by atoms with Crippen LogP contribution in [-0.2, 0) is 9.47 Å². The molecule has 0 aromatic carbocycles. The van der Waals surface area contributed by atoms with Gasteiger partial charge in [-0.15, -0.1) is 0 Å². The van der Waals surface area contributed by atoms with Crippen LogP contribution in [-0.4, -0.2) is 35.2 Å². The highest BCUT2D eigenvalue weighted by atomic mass is 16.7. The number of aliphatic hydroxyl groups excluding tert-OH is 1. The molecule has 2 N–H and O–H groups in total. The van der Waals surface area contributed by atoms with Gasteiger partial charge in [-0.25, -0.2) is 4.79 Å². The molecule has 98 valence electrons. The van der Waals surface area contributed by atoms with Crippen LogP contribution in [0.3, 0.4) is 0 Å². The summed E-state index contributed by atoms with van der Waals surface area (Å²) in [6.07, 6.45) is 4.08. The van der Waals surface area contributed by atoms with Gasteiger partial charge in [-0.3, -0.25) is 0 Å². The smallest absolute Gasteiger partial charge is 0.462 e. The quantitative estimate of drug-likeness (QED) is 0.389. The lowest BCUT2D eigenvalue weighted by Crippen LogP contribution is -2.22. The van der Waals surface area contributed by atoms with Crippen molar-refractivity contribution < 1.29 is 24.5 Å². The van der Waals surface area contributed by atoms with E-state index in [9.17, 15) is 4.79 Å². The molecule has 0 unspecified atom stereocenters. The van der Waals surface area contributed by atoms with Gasteiger partial charge in [-0.1, -0.05) is 6.42 Å². The molecule has 17 heavy (non-hydrogen) atoms. The van der Waals surface area contributed by atoms with Gasteiger partial charge in [0, 0.05) is 6.61 Å². The minimum atomic E-state index is -1.22. The van der Waals surface area contributed by atoms with Crippen LogP contribution in [0.5, 0.6) is 0 Å². The predicted molar refractivity (Wildman–Crippen MR) is 62.2 cm³/mol. The molecule has 0 amide bonds. The van der Waals surface area contributed by atoms with Crippen molar-refractivity contribution in [2.45, 2.75) is 45.1 Å². The zero-order chi connectivity index (χ0) is 13.1. The molecule has 0 aromatic rings. The number of carboxylic acid groups (broad SMARTS) is 1. The fourth-order valence-corrected chi connectivity index (χ4v) is 1.22. The van der Waals surface area contributed by atoms with Crippen molar-refractivity contribution in [1.82, 2.24) is 0 Å². The van der Waals surface area contributed by atoms with Crippen molar-refractivity contribution in [1.29, 1.82) is 0 Å². The summed E-state index contributed by atoms with van der Waals surface area (Å²) >= 11 is 0. The van der Waals surface area contributed by atoms with Crippen LogP contribution in [0.2, 0.25) is 0 Å². The van der Waals surface area contributed by atoms with Crippen molar-refractivity contribution in [2.75, 3.05) is 13.2 Å². The van der Waals surface area contributed by atoms with Gasteiger partial charge in [0.15, 0.2) is 0 Å². The first-order valence-electron chi connectivity index (χ1n) is 5.64. The molecule has 0 bridgehead atoms. The van der Waals surface area contributed by atoms with E-state index in [0.717, 1.165) is 25.7 Å². The summed E-state index contributed by atoms with van der Waals surface area (Å²) < 4.78 is 9.83. The van der Waals surface area contributed by atoms with Crippen molar-refractivity contribution >= 4 is 6.16 Å². The molecule has 0 aliphatic heterocycles. The Balaban J connectivity index is 3.34. The molecule has 0 rings (SSSR count). The molecule has 0 saturated heterocycles. The summed E-state index contributed by atoms with van der Waals surface area (Å²) in [5.41, 5.74) is -0.624. The van der Waals surface area contributed by atoms with Crippen LogP contribution < -0.4 is 0 Å². The lowest BCUT2D eigenvalue weighted by molar-refractivity contribution is 0.0239. The SMILES string of the molecule is CC(C)(C#CO)OCCCCCCOC(=O)O. The molecule has 5 nitrogen and oxygen atoms in total. The number of hydrogen-bond donors (Lipinski definition) is 2. The molecular formula is C12H20O5. The van der Waals surface area contributed by atoms with Crippen LogP contribution in [0.1, 0.15) is 39.5 Å². The van der Waals surface area contributed by atoms with E-state index in [4.69, 9.17) is 14.9 Å². The maximum atomic E-state index is 10.0. The minimum Gasteiger partial charge on any atom is -0.462 e. The second-order valence-corrected chi connectivity index (χ2v) is 4.12. The third-order valence-corrected chi connectivity index (χ3v) is 2.08. The molecule has 0 spiro atoms. The number of aliphatic hydroxyl groups is 1. The van der Waals surface area contributed by atoms with Crippen LogP contribution in [0, 0.1) is 12.0 Å². The van der Waals surface area contributed by atoms with Gasteiger partial charge < -0.3 is 19.7 Å². The number of ether oxygens (including phenoxy) is 2. The van der Waals surface area contributed by atoms with Crippen LogP contribution in [0.15, 0.2) is 0 Å². The molecule has 0 saturated carbocycles. The predicted octanol–water partition coefficient (Wildman–Crippen LogP) is 2.37. The normalized spacial score (nSPS) is 10.5. The van der Waals surface area contributed by atoms with Crippen molar-refractivity contribution in [3.63, 3.8) is 0 Å². The van der Waals surface area contributed by atoms with E-state index in [-0.39, 0.29) is 6.61 Å². The summed E-state index contributed by atoms with van der Waals surface area (Å²) in [4.78, 5) is 10.0. The highest BCUT2D eigenvalue weighted by Crippen LogP contribution is 2.09. The van der Waals surface area contributed by atoms with Gasteiger partial charge in [0.25, 0.3) is 0 Å². The Bertz CT molecular complexity index is 274. The third-order valence-electron chi connectivity index (χ3n) is 2.08. The molecule has 0 atom stereocenters. The first-order chi connectivity index (χ1) is 7.98. The third kappa shape index (κ3) is 10.9. The average molecular weight is 244 g/mol. The van der Waals surface area contributed by atoms with E-state index in [1.165, 1.54) is 0 Å². The van der Waals surface area contributed by atoms with E-state index in [0.29, 0.717) is 6.61 Å². The maximum Gasteiger partial charge on any atom is 0.505 e. The molecule has 0 aliphatic rings. The standard InChI is InChI=1S/C12H20O5/c1-12(2,7-8-13)17-10-6-4-3-5-9-16-11(14)15/h13H,3-6,9-10H2,1-2H3,(H,14,15). The van der Waals surface area contributed by atoms with Crippen LogP contribution >= 0.6 is 0 Å².